The lowest BCUT2D eigenvalue weighted by Gasteiger charge is -2.38. The molecule has 0 radical (unpaired) electrons. The number of aryl methyl sites for hydroxylation is 1. The molecule has 4 heterocycles. The number of amides is 1. The lowest BCUT2D eigenvalue weighted by Crippen LogP contribution is -2.49. The zero-order valence-corrected chi connectivity index (χ0v) is 19.3. The van der Waals surface area contributed by atoms with Gasteiger partial charge in [-0.25, -0.2) is 4.98 Å². The average molecular weight is 474 g/mol. The van der Waals surface area contributed by atoms with Crippen LogP contribution in [0.2, 0.25) is 0 Å². The highest BCUT2D eigenvalue weighted by Crippen LogP contribution is 2.36. The molecule has 11 heteroatoms. The molecule has 0 saturated carbocycles. The van der Waals surface area contributed by atoms with E-state index in [2.05, 4.69) is 25.7 Å². The van der Waals surface area contributed by atoms with Gasteiger partial charge >= 0.3 is 6.18 Å². The van der Waals surface area contributed by atoms with E-state index in [-0.39, 0.29) is 24.4 Å². The number of hydrogen-bond donors (Lipinski definition) is 2. The second-order valence-corrected chi connectivity index (χ2v) is 8.76. The van der Waals surface area contributed by atoms with E-state index in [0.29, 0.717) is 29.3 Å². The highest BCUT2D eigenvalue weighted by atomic mass is 19.4. The minimum Gasteiger partial charge on any atom is -0.366 e. The number of fused-ring (bicyclic) bond motifs is 1. The first-order valence-corrected chi connectivity index (χ1v) is 10.8. The molecule has 2 N–H and O–H groups in total. The fraction of sp³-hybridized carbons (Fsp3) is 0.391. The number of pyridine rings is 2. The zero-order valence-electron chi connectivity index (χ0n) is 19.3. The van der Waals surface area contributed by atoms with Gasteiger partial charge in [-0.15, -0.1) is 0 Å². The Morgan fingerprint density at radius 3 is 2.65 bits per heavy atom. The van der Waals surface area contributed by atoms with Crippen molar-refractivity contribution in [3.63, 3.8) is 0 Å². The predicted octanol–water partition coefficient (Wildman–Crippen LogP) is 4.07. The third-order valence-electron chi connectivity index (χ3n) is 5.75. The molecule has 34 heavy (non-hydrogen) atoms. The Hall–Kier alpha value is -3.63. The van der Waals surface area contributed by atoms with Crippen LogP contribution in [0.3, 0.4) is 0 Å². The Kier molecular flexibility index (Phi) is 6.20. The molecule has 3 aromatic rings. The van der Waals surface area contributed by atoms with Gasteiger partial charge in [-0.3, -0.25) is 14.5 Å². The highest BCUT2D eigenvalue weighted by Gasteiger charge is 2.34. The molecule has 1 aliphatic heterocycles. The number of likely N-dealkylation sites (N-methyl/N-ethyl adjacent to an activating group) is 1. The normalized spacial score (nSPS) is 15.9. The van der Waals surface area contributed by atoms with Crippen LogP contribution in [0.1, 0.15) is 36.2 Å². The molecule has 0 fully saturated rings. The van der Waals surface area contributed by atoms with Crippen molar-refractivity contribution in [3.05, 3.63) is 59.3 Å². The second kappa shape index (κ2) is 8.96. The monoisotopic (exact) mass is 473 g/mol. The summed E-state index contributed by atoms with van der Waals surface area (Å²) in [6.45, 7) is 6.46. The Morgan fingerprint density at radius 1 is 1.18 bits per heavy atom. The summed E-state index contributed by atoms with van der Waals surface area (Å²) >= 11 is 0. The van der Waals surface area contributed by atoms with E-state index in [1.54, 1.807) is 17.1 Å². The summed E-state index contributed by atoms with van der Waals surface area (Å²) < 4.78 is 40.3. The molecular formula is C23H26F3N7O. The van der Waals surface area contributed by atoms with Crippen LogP contribution in [0, 0.1) is 12.8 Å². The van der Waals surface area contributed by atoms with Crippen molar-refractivity contribution < 1.29 is 18.0 Å². The van der Waals surface area contributed by atoms with Crippen molar-refractivity contribution >= 4 is 23.1 Å². The summed E-state index contributed by atoms with van der Waals surface area (Å²) in [4.78, 5) is 22.7. The number of anilines is 3. The predicted molar refractivity (Wildman–Crippen MR) is 123 cm³/mol. The van der Waals surface area contributed by atoms with E-state index < -0.39 is 11.7 Å². The molecule has 0 aromatic carbocycles. The Balaban J connectivity index is 1.45. The van der Waals surface area contributed by atoms with E-state index in [1.807, 2.05) is 38.8 Å². The number of aromatic nitrogens is 4. The van der Waals surface area contributed by atoms with E-state index >= 15 is 0 Å². The topological polar surface area (TPSA) is 88.0 Å². The van der Waals surface area contributed by atoms with Gasteiger partial charge in [-0.1, -0.05) is 13.8 Å². The molecule has 4 rings (SSSR count). The van der Waals surface area contributed by atoms with Crippen LogP contribution in [0.25, 0.3) is 0 Å². The summed E-state index contributed by atoms with van der Waals surface area (Å²) in [5.41, 5.74) is 2.77. The van der Waals surface area contributed by atoms with Crippen molar-refractivity contribution in [3.8, 4) is 0 Å². The van der Waals surface area contributed by atoms with Crippen LogP contribution >= 0.6 is 0 Å². The van der Waals surface area contributed by atoms with Gasteiger partial charge in [0.2, 0.25) is 5.91 Å². The zero-order chi connectivity index (χ0) is 24.6. The lowest BCUT2D eigenvalue weighted by atomic mass is 9.98. The average Bonchev–Trinajstić information content (AvgIpc) is 3.20. The molecule has 0 aliphatic carbocycles. The first-order valence-electron chi connectivity index (χ1n) is 10.8. The van der Waals surface area contributed by atoms with Crippen molar-refractivity contribution in [2.75, 3.05) is 22.6 Å². The Morgan fingerprint density at radius 2 is 1.94 bits per heavy atom. The molecule has 1 amide bonds. The molecule has 180 valence electrons. The standard InChI is InChI=1S/C23H26F3N7O/c1-13(2)21-22(34)31-20-14(3)30-19(6-18(20)32(21)4)28-8-16-9-29-33(12-16)11-15-5-17(10-27-7-15)23(24,25)26/h5-7,9-10,12-13,21H,8,11H2,1-4H3,(H,28,30)(H,31,34). The summed E-state index contributed by atoms with van der Waals surface area (Å²) in [6, 6.07) is 2.70. The number of nitrogens with one attached hydrogen (secondary N) is 2. The van der Waals surface area contributed by atoms with Crippen LogP contribution in [0.4, 0.5) is 30.4 Å². The van der Waals surface area contributed by atoms with E-state index in [4.69, 9.17) is 0 Å². The number of nitrogens with zero attached hydrogens (tertiary/aromatic N) is 5. The third-order valence-corrected chi connectivity index (χ3v) is 5.75. The molecule has 1 atom stereocenters. The van der Waals surface area contributed by atoms with Gasteiger partial charge in [0.15, 0.2) is 0 Å². The largest absolute Gasteiger partial charge is 0.417 e. The van der Waals surface area contributed by atoms with Gasteiger partial charge in [0.1, 0.15) is 11.9 Å². The van der Waals surface area contributed by atoms with Crippen LogP contribution in [-0.2, 0) is 24.1 Å². The molecule has 1 aliphatic rings. The fourth-order valence-corrected chi connectivity index (χ4v) is 4.14. The van der Waals surface area contributed by atoms with Gasteiger partial charge in [0.05, 0.1) is 35.4 Å². The van der Waals surface area contributed by atoms with Crippen LogP contribution in [0.5, 0.6) is 0 Å². The Bertz CT molecular complexity index is 1210. The molecule has 0 spiro atoms. The maximum Gasteiger partial charge on any atom is 0.417 e. The van der Waals surface area contributed by atoms with Crippen molar-refractivity contribution in [1.29, 1.82) is 0 Å². The number of carbonyl (C=O) groups is 1. The van der Waals surface area contributed by atoms with Crippen LogP contribution in [-0.4, -0.2) is 38.7 Å². The van der Waals surface area contributed by atoms with Crippen molar-refractivity contribution in [2.24, 2.45) is 5.92 Å². The Labute approximate surface area is 195 Å². The quantitative estimate of drug-likeness (QED) is 0.561. The molecule has 3 aromatic heterocycles. The van der Waals surface area contributed by atoms with Crippen LogP contribution in [0.15, 0.2) is 36.9 Å². The second-order valence-electron chi connectivity index (χ2n) is 8.76. The SMILES string of the molecule is Cc1nc(NCc2cnn(Cc3cncc(C(F)(F)F)c3)c2)cc2c1NC(=O)C(C(C)C)N2C. The smallest absolute Gasteiger partial charge is 0.366 e. The van der Waals surface area contributed by atoms with Gasteiger partial charge in [-0.05, 0) is 24.5 Å². The van der Waals surface area contributed by atoms with Crippen molar-refractivity contribution in [2.45, 2.75) is 46.1 Å². The molecular weight excluding hydrogens is 447 g/mol. The summed E-state index contributed by atoms with van der Waals surface area (Å²) in [6.07, 6.45) is 1.18. The minimum atomic E-state index is -4.44. The molecule has 1 unspecified atom stereocenters. The van der Waals surface area contributed by atoms with E-state index in [9.17, 15) is 18.0 Å². The molecule has 0 saturated heterocycles. The summed E-state index contributed by atoms with van der Waals surface area (Å²) in [5, 5.41) is 10.5. The minimum absolute atomic E-state index is 0.0426. The third kappa shape index (κ3) is 4.82. The lowest BCUT2D eigenvalue weighted by molar-refractivity contribution is -0.137. The summed E-state index contributed by atoms with van der Waals surface area (Å²) in [5.74, 6) is 0.747. The maximum atomic E-state index is 12.9. The highest BCUT2D eigenvalue weighted by molar-refractivity contribution is 6.04. The van der Waals surface area contributed by atoms with Gasteiger partial charge in [-0.2, -0.15) is 18.3 Å². The number of rotatable bonds is 6. The number of halogens is 3. The number of alkyl halides is 3. The van der Waals surface area contributed by atoms with Gasteiger partial charge < -0.3 is 15.5 Å². The van der Waals surface area contributed by atoms with Gasteiger partial charge in [0.25, 0.3) is 0 Å². The number of carbonyl (C=O) groups excluding carboxylic acids is 1. The van der Waals surface area contributed by atoms with Crippen molar-refractivity contribution in [1.82, 2.24) is 19.7 Å². The van der Waals surface area contributed by atoms with Crippen LogP contribution < -0.4 is 15.5 Å². The molecule has 0 bridgehead atoms. The summed E-state index contributed by atoms with van der Waals surface area (Å²) in [7, 11) is 1.90. The van der Waals surface area contributed by atoms with E-state index in [0.717, 1.165) is 23.5 Å². The first kappa shape index (κ1) is 23.5. The number of hydrogen-bond acceptors (Lipinski definition) is 6. The van der Waals surface area contributed by atoms with Gasteiger partial charge in [0, 0.05) is 43.8 Å². The molecule has 8 nitrogen and oxygen atoms in total. The fourth-order valence-electron chi connectivity index (χ4n) is 4.14. The maximum absolute atomic E-state index is 12.9. The van der Waals surface area contributed by atoms with E-state index in [1.165, 1.54) is 6.20 Å². The first-order chi connectivity index (χ1) is 16.0.